The van der Waals surface area contributed by atoms with E-state index in [4.69, 9.17) is 8.94 Å². The number of halogens is 3. The van der Waals surface area contributed by atoms with Gasteiger partial charge in [0.05, 0.1) is 30.2 Å². The van der Waals surface area contributed by atoms with Gasteiger partial charge >= 0.3 is 6.18 Å². The third-order valence-electron chi connectivity index (χ3n) is 4.81. The Bertz CT molecular complexity index is 1320. The Kier molecular flexibility index (Phi) is 4.58. The van der Waals surface area contributed by atoms with E-state index in [1.165, 1.54) is 23.1 Å². The number of furan rings is 1. The Morgan fingerprint density at radius 3 is 2.52 bits per heavy atom. The number of alkyl halides is 3. The van der Waals surface area contributed by atoms with Crippen molar-refractivity contribution in [1.29, 1.82) is 0 Å². The predicted molar refractivity (Wildman–Crippen MR) is 104 cm³/mol. The van der Waals surface area contributed by atoms with Gasteiger partial charge in [-0.05, 0) is 17.7 Å². The highest BCUT2D eigenvalue weighted by Crippen LogP contribution is 2.35. The molecule has 4 aromatic heterocycles. The molecule has 31 heavy (non-hydrogen) atoms. The summed E-state index contributed by atoms with van der Waals surface area (Å²) in [6, 6.07) is 12.3. The maximum atomic E-state index is 13.7. The molecule has 0 saturated carbocycles. The van der Waals surface area contributed by atoms with Crippen LogP contribution in [-0.2, 0) is 19.0 Å². The molecule has 0 bridgehead atoms. The van der Waals surface area contributed by atoms with Gasteiger partial charge in [-0.25, -0.2) is 4.98 Å². The molecule has 9 heteroatoms. The minimum Gasteiger partial charge on any atom is -0.472 e. The van der Waals surface area contributed by atoms with Crippen LogP contribution in [0, 0.1) is 0 Å². The van der Waals surface area contributed by atoms with Gasteiger partial charge in [-0.15, -0.1) is 0 Å². The highest BCUT2D eigenvalue weighted by Gasteiger charge is 2.35. The lowest BCUT2D eigenvalue weighted by Gasteiger charge is -2.10. The Morgan fingerprint density at radius 2 is 1.77 bits per heavy atom. The van der Waals surface area contributed by atoms with Gasteiger partial charge in [0.25, 0.3) is 0 Å². The highest BCUT2D eigenvalue weighted by atomic mass is 19.4. The molecule has 0 N–H and O–H groups in total. The van der Waals surface area contributed by atoms with Crippen LogP contribution in [-0.4, -0.2) is 19.5 Å². The lowest BCUT2D eigenvalue weighted by atomic mass is 10.1. The Morgan fingerprint density at radius 1 is 0.935 bits per heavy atom. The summed E-state index contributed by atoms with van der Waals surface area (Å²) in [5, 5.41) is 3.96. The topological polar surface area (TPSA) is 69.4 Å². The second-order valence-electron chi connectivity index (χ2n) is 7.06. The molecule has 5 rings (SSSR count). The zero-order valence-electron chi connectivity index (χ0n) is 16.0. The zero-order valence-corrected chi connectivity index (χ0v) is 16.0. The van der Waals surface area contributed by atoms with Gasteiger partial charge in [-0.3, -0.25) is 0 Å². The van der Waals surface area contributed by atoms with Crippen LogP contribution < -0.4 is 0 Å². The average Bonchev–Trinajstić information content (AvgIpc) is 3.48. The van der Waals surface area contributed by atoms with Crippen LogP contribution in [0.25, 0.3) is 16.8 Å². The first-order valence-corrected chi connectivity index (χ1v) is 9.42. The molecule has 6 nitrogen and oxygen atoms in total. The summed E-state index contributed by atoms with van der Waals surface area (Å²) in [5.41, 5.74) is 1.34. The molecule has 0 aliphatic carbocycles. The molecule has 4 heterocycles. The lowest BCUT2D eigenvalue weighted by Crippen LogP contribution is -2.08. The second kappa shape index (κ2) is 7.42. The van der Waals surface area contributed by atoms with Crippen LogP contribution in [0.5, 0.6) is 0 Å². The quantitative estimate of drug-likeness (QED) is 0.389. The van der Waals surface area contributed by atoms with Crippen molar-refractivity contribution in [1.82, 2.24) is 19.5 Å². The minimum atomic E-state index is -4.56. The summed E-state index contributed by atoms with van der Waals surface area (Å²) in [6.45, 7) is 0. The molecule has 0 fully saturated rings. The SMILES string of the molecule is FC(F)(F)c1cc(-c2ccoc2)cn2cc(Cc3nc(Cc4ccccc4)no3)nc12. The number of fused-ring (bicyclic) bond motifs is 1. The third kappa shape index (κ3) is 3.94. The van der Waals surface area contributed by atoms with E-state index in [-0.39, 0.29) is 18.0 Å². The Labute approximate surface area is 174 Å². The van der Waals surface area contributed by atoms with Crippen LogP contribution in [0.15, 0.2) is 76.3 Å². The maximum Gasteiger partial charge on any atom is 0.420 e. The molecule has 0 unspecified atom stereocenters. The first-order valence-electron chi connectivity index (χ1n) is 9.42. The van der Waals surface area contributed by atoms with Gasteiger partial charge in [-0.2, -0.15) is 18.2 Å². The Balaban J connectivity index is 1.46. The normalized spacial score (nSPS) is 12.0. The van der Waals surface area contributed by atoms with Gasteiger partial charge in [0.15, 0.2) is 5.82 Å². The smallest absolute Gasteiger partial charge is 0.420 e. The molecule has 0 atom stereocenters. The van der Waals surface area contributed by atoms with Gasteiger partial charge in [0, 0.05) is 29.9 Å². The number of benzene rings is 1. The van der Waals surface area contributed by atoms with E-state index in [0.717, 1.165) is 11.6 Å². The predicted octanol–water partition coefficient (Wildman–Crippen LogP) is 5.18. The summed E-state index contributed by atoms with van der Waals surface area (Å²) in [7, 11) is 0. The highest BCUT2D eigenvalue weighted by molar-refractivity contribution is 5.67. The van der Waals surface area contributed by atoms with Crippen molar-refractivity contribution >= 4 is 5.65 Å². The molecule has 5 aromatic rings. The lowest BCUT2D eigenvalue weighted by molar-refractivity contribution is -0.136. The summed E-state index contributed by atoms with van der Waals surface area (Å²) < 4.78 is 52.6. The third-order valence-corrected chi connectivity index (χ3v) is 4.81. The van der Waals surface area contributed by atoms with Crippen LogP contribution in [0.3, 0.4) is 0 Å². The summed E-state index contributed by atoms with van der Waals surface area (Å²) in [6.07, 6.45) is 2.00. The second-order valence-corrected chi connectivity index (χ2v) is 7.06. The monoisotopic (exact) mass is 424 g/mol. The number of pyridine rings is 1. The molecule has 0 saturated heterocycles. The number of aromatic nitrogens is 4. The molecule has 0 aliphatic heterocycles. The molecule has 0 spiro atoms. The van der Waals surface area contributed by atoms with Crippen molar-refractivity contribution in [2.24, 2.45) is 0 Å². The summed E-state index contributed by atoms with van der Waals surface area (Å²) in [5.74, 6) is 0.793. The van der Waals surface area contributed by atoms with Gasteiger partial charge < -0.3 is 13.3 Å². The first kappa shape index (κ1) is 19.1. The molecule has 0 radical (unpaired) electrons. The number of rotatable bonds is 5. The van der Waals surface area contributed by atoms with Crippen molar-refractivity contribution in [2.75, 3.05) is 0 Å². The largest absolute Gasteiger partial charge is 0.472 e. The van der Waals surface area contributed by atoms with Crippen molar-refractivity contribution in [3.05, 3.63) is 95.9 Å². The van der Waals surface area contributed by atoms with Crippen LogP contribution in [0.1, 0.15) is 28.5 Å². The fourth-order valence-electron chi connectivity index (χ4n) is 3.40. The van der Waals surface area contributed by atoms with Gasteiger partial charge in [0.1, 0.15) is 5.65 Å². The molecule has 0 amide bonds. The number of imidazole rings is 1. The van der Waals surface area contributed by atoms with E-state index in [2.05, 4.69) is 15.1 Å². The number of hydrogen-bond donors (Lipinski definition) is 0. The molecular formula is C22H15F3N4O2. The Hall–Kier alpha value is -3.88. The van der Waals surface area contributed by atoms with Gasteiger partial charge in [-0.1, -0.05) is 35.5 Å². The van der Waals surface area contributed by atoms with E-state index in [1.54, 1.807) is 12.3 Å². The molecule has 0 aliphatic rings. The average molecular weight is 424 g/mol. The fourth-order valence-corrected chi connectivity index (χ4v) is 3.40. The number of nitrogens with zero attached hydrogens (tertiary/aromatic N) is 4. The zero-order chi connectivity index (χ0) is 21.4. The first-order chi connectivity index (χ1) is 15.0. The van der Waals surface area contributed by atoms with E-state index < -0.39 is 11.7 Å². The minimum absolute atomic E-state index is 0.127. The standard InChI is InChI=1S/C22H15F3N4O2/c23-22(24,25)18-9-16(15-6-7-30-13-15)11-29-12-17(26-21(18)29)10-20-27-19(28-31-20)8-14-4-2-1-3-5-14/h1-7,9,11-13H,8,10H2. The van der Waals surface area contributed by atoms with Crippen LogP contribution in [0.2, 0.25) is 0 Å². The van der Waals surface area contributed by atoms with Crippen molar-refractivity contribution in [3.63, 3.8) is 0 Å². The fraction of sp³-hybridized carbons (Fsp3) is 0.136. The van der Waals surface area contributed by atoms with Crippen LogP contribution >= 0.6 is 0 Å². The van der Waals surface area contributed by atoms with E-state index in [9.17, 15) is 13.2 Å². The van der Waals surface area contributed by atoms with E-state index >= 15 is 0 Å². The van der Waals surface area contributed by atoms with E-state index in [1.807, 2.05) is 30.3 Å². The molecule has 156 valence electrons. The summed E-state index contributed by atoms with van der Waals surface area (Å²) in [4.78, 5) is 8.52. The van der Waals surface area contributed by atoms with E-state index in [0.29, 0.717) is 29.1 Å². The van der Waals surface area contributed by atoms with Crippen molar-refractivity contribution < 1.29 is 22.1 Å². The maximum absolute atomic E-state index is 13.7. The van der Waals surface area contributed by atoms with Gasteiger partial charge in [0.2, 0.25) is 5.89 Å². The summed E-state index contributed by atoms with van der Waals surface area (Å²) >= 11 is 0. The molecular weight excluding hydrogens is 409 g/mol. The van der Waals surface area contributed by atoms with Crippen molar-refractivity contribution in [3.8, 4) is 11.1 Å². The van der Waals surface area contributed by atoms with Crippen LogP contribution in [0.4, 0.5) is 13.2 Å². The number of hydrogen-bond acceptors (Lipinski definition) is 5. The van der Waals surface area contributed by atoms with Crippen molar-refractivity contribution in [2.45, 2.75) is 19.0 Å². The molecule has 1 aromatic carbocycles.